The predicted molar refractivity (Wildman–Crippen MR) is 70.8 cm³/mol. The van der Waals surface area contributed by atoms with Crippen molar-refractivity contribution < 1.29 is 4.92 Å². The zero-order valence-electron chi connectivity index (χ0n) is 9.39. The van der Waals surface area contributed by atoms with E-state index in [-0.39, 0.29) is 10.7 Å². The first-order chi connectivity index (χ1) is 8.16. The van der Waals surface area contributed by atoms with Gasteiger partial charge in [0.2, 0.25) is 0 Å². The van der Waals surface area contributed by atoms with Gasteiger partial charge in [0.25, 0.3) is 5.69 Å². The summed E-state index contributed by atoms with van der Waals surface area (Å²) in [7, 11) is 0. The number of rotatable bonds is 3. The number of nitrogens with zero attached hydrogens (tertiary/aromatic N) is 1. The van der Waals surface area contributed by atoms with E-state index < -0.39 is 4.92 Å². The normalized spacial score (nSPS) is 17.0. The first kappa shape index (κ1) is 12.7. The molecule has 0 atom stereocenters. The van der Waals surface area contributed by atoms with Crippen LogP contribution in [0.4, 0.5) is 5.69 Å². The topological polar surface area (TPSA) is 43.1 Å². The molecule has 0 bridgehead atoms. The summed E-state index contributed by atoms with van der Waals surface area (Å²) < 4.78 is 0. The lowest BCUT2D eigenvalue weighted by Gasteiger charge is -2.20. The Morgan fingerprint density at radius 3 is 2.65 bits per heavy atom. The van der Waals surface area contributed by atoms with Crippen LogP contribution in [0.2, 0.25) is 5.02 Å². The second-order valence-electron chi connectivity index (χ2n) is 4.25. The smallest absolute Gasteiger partial charge is 0.258 e. The van der Waals surface area contributed by atoms with E-state index in [1.807, 2.05) is 6.07 Å². The minimum atomic E-state index is -0.423. The van der Waals surface area contributed by atoms with Gasteiger partial charge in [-0.3, -0.25) is 10.1 Å². The lowest BCUT2D eigenvalue weighted by atomic mass is 10.0. The van der Waals surface area contributed by atoms with Crippen molar-refractivity contribution in [1.82, 2.24) is 0 Å². The number of thioether (sulfide) groups is 1. The Balaban J connectivity index is 2.10. The minimum absolute atomic E-state index is 0.00692. The average molecular weight is 272 g/mol. The van der Waals surface area contributed by atoms with E-state index in [1.54, 1.807) is 23.9 Å². The van der Waals surface area contributed by atoms with E-state index in [9.17, 15) is 10.1 Å². The molecule has 0 N–H and O–H groups in total. The van der Waals surface area contributed by atoms with E-state index >= 15 is 0 Å². The first-order valence-electron chi connectivity index (χ1n) is 5.77. The van der Waals surface area contributed by atoms with Crippen molar-refractivity contribution in [3.63, 3.8) is 0 Å². The van der Waals surface area contributed by atoms with Crippen LogP contribution in [0.5, 0.6) is 0 Å². The fraction of sp³-hybridized carbons (Fsp3) is 0.500. The van der Waals surface area contributed by atoms with Gasteiger partial charge in [0.1, 0.15) is 5.02 Å². The van der Waals surface area contributed by atoms with Crippen molar-refractivity contribution in [2.45, 2.75) is 42.2 Å². The Morgan fingerprint density at radius 2 is 2.00 bits per heavy atom. The lowest BCUT2D eigenvalue weighted by molar-refractivity contribution is -0.384. The van der Waals surface area contributed by atoms with Gasteiger partial charge in [0.15, 0.2) is 0 Å². The maximum atomic E-state index is 10.8. The molecular weight excluding hydrogens is 258 g/mol. The Labute approximate surface area is 110 Å². The Morgan fingerprint density at radius 1 is 1.29 bits per heavy atom. The van der Waals surface area contributed by atoms with Crippen LogP contribution in [-0.2, 0) is 0 Å². The van der Waals surface area contributed by atoms with Crippen LogP contribution in [0.15, 0.2) is 23.1 Å². The molecule has 0 aromatic heterocycles. The van der Waals surface area contributed by atoms with Crippen molar-refractivity contribution in [3.05, 3.63) is 33.3 Å². The molecule has 1 fully saturated rings. The SMILES string of the molecule is O=[N+]([O-])c1cc(SC2CCCCC2)ccc1Cl. The fourth-order valence-electron chi connectivity index (χ4n) is 2.08. The molecule has 1 aromatic carbocycles. The van der Waals surface area contributed by atoms with Gasteiger partial charge in [-0.2, -0.15) is 0 Å². The number of hydrogen-bond donors (Lipinski definition) is 0. The molecule has 0 spiro atoms. The molecule has 0 amide bonds. The Kier molecular flexibility index (Phi) is 4.29. The molecular formula is C12H14ClNO2S. The number of hydrogen-bond acceptors (Lipinski definition) is 3. The van der Waals surface area contributed by atoms with Gasteiger partial charge < -0.3 is 0 Å². The zero-order valence-corrected chi connectivity index (χ0v) is 11.0. The van der Waals surface area contributed by atoms with E-state index in [0.717, 1.165) is 4.90 Å². The highest BCUT2D eigenvalue weighted by atomic mass is 35.5. The molecule has 3 nitrogen and oxygen atoms in total. The van der Waals surface area contributed by atoms with Gasteiger partial charge in [-0.15, -0.1) is 11.8 Å². The summed E-state index contributed by atoms with van der Waals surface area (Å²) >= 11 is 7.52. The zero-order chi connectivity index (χ0) is 12.3. The summed E-state index contributed by atoms with van der Waals surface area (Å²) in [6.07, 6.45) is 6.28. The van der Waals surface area contributed by atoms with Crippen molar-refractivity contribution >= 4 is 29.1 Å². The summed E-state index contributed by atoms with van der Waals surface area (Å²) in [6.45, 7) is 0. The third-order valence-electron chi connectivity index (χ3n) is 2.97. The quantitative estimate of drug-likeness (QED) is 0.592. The van der Waals surface area contributed by atoms with Crippen LogP contribution >= 0.6 is 23.4 Å². The molecule has 0 aliphatic heterocycles. The molecule has 1 aliphatic carbocycles. The third kappa shape index (κ3) is 3.36. The molecule has 0 saturated heterocycles. The van der Waals surface area contributed by atoms with Crippen LogP contribution in [0.3, 0.4) is 0 Å². The van der Waals surface area contributed by atoms with Crippen molar-refractivity contribution in [2.24, 2.45) is 0 Å². The monoisotopic (exact) mass is 271 g/mol. The van der Waals surface area contributed by atoms with E-state index in [0.29, 0.717) is 5.25 Å². The van der Waals surface area contributed by atoms with Gasteiger partial charge >= 0.3 is 0 Å². The van der Waals surface area contributed by atoms with E-state index in [4.69, 9.17) is 11.6 Å². The van der Waals surface area contributed by atoms with Gasteiger partial charge in [-0.1, -0.05) is 30.9 Å². The van der Waals surface area contributed by atoms with Crippen molar-refractivity contribution in [3.8, 4) is 0 Å². The summed E-state index contributed by atoms with van der Waals surface area (Å²) in [5.74, 6) is 0. The summed E-state index contributed by atoms with van der Waals surface area (Å²) in [5.41, 5.74) is 0.00692. The Hall–Kier alpha value is -0.740. The predicted octanol–water partition coefficient (Wildman–Crippen LogP) is 4.67. The van der Waals surface area contributed by atoms with E-state index in [1.165, 1.54) is 32.1 Å². The number of halogens is 1. The standard InChI is InChI=1S/C12H14ClNO2S/c13-11-7-6-10(8-12(11)14(15)16)17-9-4-2-1-3-5-9/h6-9H,1-5H2. The number of benzene rings is 1. The molecule has 17 heavy (non-hydrogen) atoms. The second-order valence-corrected chi connectivity index (χ2v) is 6.03. The van der Waals surface area contributed by atoms with Crippen LogP contribution in [0, 0.1) is 10.1 Å². The van der Waals surface area contributed by atoms with Crippen LogP contribution in [0.25, 0.3) is 0 Å². The summed E-state index contributed by atoms with van der Waals surface area (Å²) in [5, 5.41) is 11.6. The highest BCUT2D eigenvalue weighted by Gasteiger charge is 2.17. The highest BCUT2D eigenvalue weighted by molar-refractivity contribution is 8.00. The molecule has 5 heteroatoms. The van der Waals surface area contributed by atoms with Crippen LogP contribution in [-0.4, -0.2) is 10.2 Å². The van der Waals surface area contributed by atoms with Gasteiger partial charge in [-0.05, 0) is 25.0 Å². The number of nitro groups is 1. The fourth-order valence-corrected chi connectivity index (χ4v) is 3.55. The van der Waals surface area contributed by atoms with Crippen molar-refractivity contribution in [1.29, 1.82) is 0 Å². The molecule has 1 saturated carbocycles. The van der Waals surface area contributed by atoms with Gasteiger partial charge in [0, 0.05) is 16.2 Å². The largest absolute Gasteiger partial charge is 0.288 e. The van der Waals surface area contributed by atoms with Crippen molar-refractivity contribution in [2.75, 3.05) is 0 Å². The maximum Gasteiger partial charge on any atom is 0.288 e. The van der Waals surface area contributed by atoms with Crippen LogP contribution in [0.1, 0.15) is 32.1 Å². The molecule has 1 aromatic rings. The van der Waals surface area contributed by atoms with Gasteiger partial charge in [-0.25, -0.2) is 0 Å². The molecule has 1 aliphatic rings. The first-order valence-corrected chi connectivity index (χ1v) is 7.03. The molecule has 2 rings (SSSR count). The Bertz CT molecular complexity index is 419. The maximum absolute atomic E-state index is 10.8. The molecule has 0 heterocycles. The molecule has 92 valence electrons. The van der Waals surface area contributed by atoms with E-state index in [2.05, 4.69) is 0 Å². The average Bonchev–Trinajstić information content (AvgIpc) is 2.32. The van der Waals surface area contributed by atoms with Gasteiger partial charge in [0.05, 0.1) is 4.92 Å². The molecule has 0 radical (unpaired) electrons. The molecule has 0 unspecified atom stereocenters. The number of nitro benzene ring substituents is 1. The summed E-state index contributed by atoms with van der Waals surface area (Å²) in [4.78, 5) is 11.3. The summed E-state index contributed by atoms with van der Waals surface area (Å²) in [6, 6.07) is 5.07. The lowest BCUT2D eigenvalue weighted by Crippen LogP contribution is -2.07. The highest BCUT2D eigenvalue weighted by Crippen LogP contribution is 2.36. The second kappa shape index (κ2) is 5.74. The van der Waals surface area contributed by atoms with Crippen LogP contribution < -0.4 is 0 Å². The third-order valence-corrected chi connectivity index (χ3v) is 4.62. The minimum Gasteiger partial charge on any atom is -0.258 e.